The van der Waals surface area contributed by atoms with Gasteiger partial charge in [0.25, 0.3) is 5.78 Å². The number of rotatable bonds is 5. The molecule has 0 bridgehead atoms. The van der Waals surface area contributed by atoms with Crippen molar-refractivity contribution in [2.45, 2.75) is 44.8 Å². The number of alkyl halides is 3. The second kappa shape index (κ2) is 10.8. The summed E-state index contributed by atoms with van der Waals surface area (Å²) in [5, 5.41) is 8.87. The number of halogens is 5. The fourth-order valence-corrected chi connectivity index (χ4v) is 6.15. The maximum atomic E-state index is 12.9. The van der Waals surface area contributed by atoms with Gasteiger partial charge in [-0.2, -0.15) is 32.8 Å². The first-order valence-electron chi connectivity index (χ1n) is 12.6. The first-order chi connectivity index (χ1) is 18.1. The molecule has 1 N–H and O–H groups in total. The normalized spacial score (nSPS) is 20.1. The van der Waals surface area contributed by atoms with E-state index in [2.05, 4.69) is 25.3 Å². The second-order valence-electron chi connectivity index (χ2n) is 9.98. The summed E-state index contributed by atoms with van der Waals surface area (Å²) < 4.78 is 40.5. The number of piperidine rings is 2. The van der Waals surface area contributed by atoms with E-state index in [9.17, 15) is 18.0 Å². The SMILES string of the molecule is C[C@@H](Nc1cc(N2CCC([C@H]3CCCN(C(=O)C(F)(F)F)C3)CC2)nc2ncnn12)c1ccc(Cl)cc1Cl. The number of carbonyl (C=O) groups is 1. The Kier molecular flexibility index (Phi) is 7.59. The highest BCUT2D eigenvalue weighted by Crippen LogP contribution is 2.35. The summed E-state index contributed by atoms with van der Waals surface area (Å²) in [5.41, 5.74) is 0.883. The molecule has 0 aliphatic carbocycles. The van der Waals surface area contributed by atoms with Gasteiger partial charge in [0.05, 0.1) is 6.04 Å². The third-order valence-electron chi connectivity index (χ3n) is 7.55. The zero-order valence-corrected chi connectivity index (χ0v) is 22.3. The van der Waals surface area contributed by atoms with E-state index in [-0.39, 0.29) is 31.0 Å². The van der Waals surface area contributed by atoms with E-state index in [1.165, 1.54) is 6.33 Å². The van der Waals surface area contributed by atoms with Crippen LogP contribution in [0.5, 0.6) is 0 Å². The maximum Gasteiger partial charge on any atom is 0.471 e. The number of carbonyl (C=O) groups excluding carboxylic acids is 1. The molecule has 2 saturated heterocycles. The average Bonchev–Trinajstić information content (AvgIpc) is 3.37. The van der Waals surface area contributed by atoms with Crippen LogP contribution in [0.4, 0.5) is 24.8 Å². The minimum Gasteiger partial charge on any atom is -0.363 e. The quantitative estimate of drug-likeness (QED) is 0.429. The second-order valence-corrected chi connectivity index (χ2v) is 10.8. The first kappa shape index (κ1) is 26.8. The molecular formula is C25H28Cl2F3N7O. The van der Waals surface area contributed by atoms with Crippen LogP contribution in [0.2, 0.25) is 10.0 Å². The number of nitrogens with one attached hydrogen (secondary N) is 1. The van der Waals surface area contributed by atoms with Crippen molar-refractivity contribution in [2.75, 3.05) is 36.4 Å². The fourth-order valence-electron chi connectivity index (χ4n) is 5.58. The van der Waals surface area contributed by atoms with Crippen LogP contribution in [-0.2, 0) is 4.79 Å². The fraction of sp³-hybridized carbons (Fsp3) is 0.520. The number of aromatic nitrogens is 4. The van der Waals surface area contributed by atoms with Crippen molar-refractivity contribution in [3.8, 4) is 0 Å². The molecule has 2 atom stereocenters. The lowest BCUT2D eigenvalue weighted by molar-refractivity contribution is -0.187. The van der Waals surface area contributed by atoms with Crippen molar-refractivity contribution in [1.82, 2.24) is 24.5 Å². The van der Waals surface area contributed by atoms with Crippen molar-refractivity contribution in [3.05, 3.63) is 46.2 Å². The van der Waals surface area contributed by atoms with Crippen LogP contribution in [0.3, 0.4) is 0 Å². The van der Waals surface area contributed by atoms with Gasteiger partial charge in [-0.25, -0.2) is 0 Å². The van der Waals surface area contributed by atoms with E-state index in [0.29, 0.717) is 41.2 Å². The van der Waals surface area contributed by atoms with Crippen LogP contribution in [0, 0.1) is 11.8 Å². The molecule has 8 nitrogen and oxygen atoms in total. The number of anilines is 2. The Hall–Kier alpha value is -2.79. The van der Waals surface area contributed by atoms with Gasteiger partial charge in [0.15, 0.2) is 0 Å². The Morgan fingerprint density at radius 3 is 2.58 bits per heavy atom. The van der Waals surface area contributed by atoms with Crippen LogP contribution in [0.15, 0.2) is 30.6 Å². The molecular weight excluding hydrogens is 542 g/mol. The number of fused-ring (bicyclic) bond motifs is 1. The third kappa shape index (κ3) is 5.63. The molecule has 0 saturated carbocycles. The van der Waals surface area contributed by atoms with Gasteiger partial charge in [-0.15, -0.1) is 0 Å². The van der Waals surface area contributed by atoms with Gasteiger partial charge >= 0.3 is 12.1 Å². The third-order valence-corrected chi connectivity index (χ3v) is 8.11. The average molecular weight is 570 g/mol. The van der Waals surface area contributed by atoms with E-state index >= 15 is 0 Å². The summed E-state index contributed by atoms with van der Waals surface area (Å²) in [6, 6.07) is 7.14. The minimum absolute atomic E-state index is 0.0753. The highest BCUT2D eigenvalue weighted by Gasteiger charge is 2.44. The van der Waals surface area contributed by atoms with Crippen LogP contribution in [0.1, 0.15) is 44.2 Å². The van der Waals surface area contributed by atoms with E-state index in [4.69, 9.17) is 23.2 Å². The molecule has 0 radical (unpaired) electrons. The van der Waals surface area contributed by atoms with Gasteiger partial charge in [0.2, 0.25) is 0 Å². The standard InChI is InChI=1S/C25H28Cl2F3N7O/c1-15(19-5-4-18(26)11-20(19)27)33-22-12-21(34-24-31-14-32-37(22)24)35-9-6-16(7-10-35)17-3-2-8-36(13-17)23(38)25(28,29)30/h4-5,11-12,14-17,33H,2-3,6-10,13H2,1H3/t15-,17+/m1/s1. The molecule has 5 rings (SSSR count). The van der Waals surface area contributed by atoms with Crippen LogP contribution in [-0.4, -0.2) is 62.7 Å². The Morgan fingerprint density at radius 2 is 1.87 bits per heavy atom. The first-order valence-corrected chi connectivity index (χ1v) is 13.4. The Labute approximate surface area is 228 Å². The van der Waals surface area contributed by atoms with E-state index in [0.717, 1.165) is 35.5 Å². The largest absolute Gasteiger partial charge is 0.471 e. The number of likely N-dealkylation sites (tertiary alicyclic amines) is 1. The monoisotopic (exact) mass is 569 g/mol. The zero-order chi connectivity index (χ0) is 27.0. The molecule has 38 heavy (non-hydrogen) atoms. The summed E-state index contributed by atoms with van der Waals surface area (Å²) in [6.45, 7) is 3.76. The van der Waals surface area contributed by atoms with Crippen molar-refractivity contribution in [3.63, 3.8) is 0 Å². The lowest BCUT2D eigenvalue weighted by Crippen LogP contribution is -2.48. The van der Waals surface area contributed by atoms with Crippen molar-refractivity contribution in [1.29, 1.82) is 0 Å². The van der Waals surface area contributed by atoms with Crippen molar-refractivity contribution in [2.24, 2.45) is 11.8 Å². The molecule has 2 aromatic heterocycles. The highest BCUT2D eigenvalue weighted by molar-refractivity contribution is 6.35. The Morgan fingerprint density at radius 1 is 1.11 bits per heavy atom. The summed E-state index contributed by atoms with van der Waals surface area (Å²) in [5.74, 6) is 0.521. The summed E-state index contributed by atoms with van der Waals surface area (Å²) in [7, 11) is 0. The molecule has 2 aliphatic rings. The number of hydrogen-bond donors (Lipinski definition) is 1. The number of benzene rings is 1. The number of hydrogen-bond acceptors (Lipinski definition) is 6. The van der Waals surface area contributed by atoms with E-state index in [1.54, 1.807) is 16.6 Å². The molecule has 1 aromatic carbocycles. The van der Waals surface area contributed by atoms with Gasteiger partial charge in [-0.05, 0) is 62.1 Å². The van der Waals surface area contributed by atoms with Crippen LogP contribution < -0.4 is 10.2 Å². The predicted octanol–water partition coefficient (Wildman–Crippen LogP) is 5.62. The van der Waals surface area contributed by atoms with E-state index < -0.39 is 12.1 Å². The number of amides is 1. The molecule has 1 amide bonds. The van der Waals surface area contributed by atoms with Crippen LogP contribution in [0.25, 0.3) is 5.78 Å². The summed E-state index contributed by atoms with van der Waals surface area (Å²) in [4.78, 5) is 23.9. The molecule has 0 unspecified atom stereocenters. The maximum absolute atomic E-state index is 12.9. The smallest absolute Gasteiger partial charge is 0.363 e. The van der Waals surface area contributed by atoms with Gasteiger partial charge in [-0.3, -0.25) is 4.79 Å². The molecule has 0 spiro atoms. The molecule has 204 valence electrons. The van der Waals surface area contributed by atoms with Gasteiger partial charge < -0.3 is 15.1 Å². The zero-order valence-electron chi connectivity index (χ0n) is 20.8. The highest BCUT2D eigenvalue weighted by atomic mass is 35.5. The topological polar surface area (TPSA) is 78.7 Å². The minimum atomic E-state index is -4.82. The van der Waals surface area contributed by atoms with Gasteiger partial charge in [0, 0.05) is 42.3 Å². The Balaban J connectivity index is 1.27. The van der Waals surface area contributed by atoms with Gasteiger partial charge in [0.1, 0.15) is 18.0 Å². The van der Waals surface area contributed by atoms with Crippen molar-refractivity contribution >= 4 is 46.5 Å². The van der Waals surface area contributed by atoms with Crippen molar-refractivity contribution < 1.29 is 18.0 Å². The molecule has 2 aliphatic heterocycles. The molecule has 13 heteroatoms. The molecule has 4 heterocycles. The van der Waals surface area contributed by atoms with E-state index in [1.807, 2.05) is 19.1 Å². The Bertz CT molecular complexity index is 1310. The van der Waals surface area contributed by atoms with Gasteiger partial charge in [-0.1, -0.05) is 29.3 Å². The summed E-state index contributed by atoms with van der Waals surface area (Å²) in [6.07, 6.45) is -0.298. The lowest BCUT2D eigenvalue weighted by atomic mass is 9.79. The molecule has 2 fully saturated rings. The number of nitrogens with zero attached hydrogens (tertiary/aromatic N) is 6. The molecule has 3 aromatic rings. The predicted molar refractivity (Wildman–Crippen MR) is 140 cm³/mol. The lowest BCUT2D eigenvalue weighted by Gasteiger charge is -2.41. The van der Waals surface area contributed by atoms with Crippen LogP contribution >= 0.6 is 23.2 Å². The summed E-state index contributed by atoms with van der Waals surface area (Å²) >= 11 is 12.5.